The van der Waals surface area contributed by atoms with E-state index in [1.807, 2.05) is 31.3 Å². The van der Waals surface area contributed by atoms with Crippen molar-refractivity contribution in [3.63, 3.8) is 0 Å². The SMILES string of the molecule is CCNC(=O)[C@@H]1CN(c2ccc(C#N)c(C(F)(F)F)c2)C[C@H]1C1CCN(Cc2cnn(C)c2)CC1. The molecule has 1 amide bonds. The summed E-state index contributed by atoms with van der Waals surface area (Å²) in [6.07, 6.45) is 1.16. The summed E-state index contributed by atoms with van der Waals surface area (Å²) < 4.78 is 42.4. The minimum absolute atomic E-state index is 0.0394. The third-order valence-corrected chi connectivity index (χ3v) is 7.25. The lowest BCUT2D eigenvalue weighted by atomic mass is 9.78. The van der Waals surface area contributed by atoms with Gasteiger partial charge in [-0.15, -0.1) is 0 Å². The first-order valence-corrected chi connectivity index (χ1v) is 12.0. The van der Waals surface area contributed by atoms with Crippen LogP contribution in [0.1, 0.15) is 36.5 Å². The molecule has 35 heavy (non-hydrogen) atoms. The van der Waals surface area contributed by atoms with Crippen LogP contribution >= 0.6 is 0 Å². The summed E-state index contributed by atoms with van der Waals surface area (Å²) in [4.78, 5) is 17.2. The van der Waals surface area contributed by atoms with Crippen LogP contribution in [-0.2, 0) is 24.6 Å². The summed E-state index contributed by atoms with van der Waals surface area (Å²) in [7, 11) is 1.90. The zero-order valence-electron chi connectivity index (χ0n) is 20.1. The molecule has 7 nitrogen and oxygen atoms in total. The van der Waals surface area contributed by atoms with Crippen LogP contribution in [0.4, 0.5) is 18.9 Å². The minimum Gasteiger partial charge on any atom is -0.370 e. The molecule has 3 heterocycles. The predicted molar refractivity (Wildman–Crippen MR) is 125 cm³/mol. The molecule has 2 atom stereocenters. The van der Waals surface area contributed by atoms with Gasteiger partial charge in [-0.25, -0.2) is 0 Å². The van der Waals surface area contributed by atoms with Crippen molar-refractivity contribution < 1.29 is 18.0 Å². The number of anilines is 1. The Morgan fingerprint density at radius 3 is 2.60 bits per heavy atom. The Labute approximate surface area is 203 Å². The number of aromatic nitrogens is 2. The average molecular weight is 489 g/mol. The lowest BCUT2D eigenvalue weighted by Gasteiger charge is -2.36. The molecule has 2 fully saturated rings. The van der Waals surface area contributed by atoms with Gasteiger partial charge in [0.05, 0.1) is 29.3 Å². The molecule has 2 aromatic rings. The topological polar surface area (TPSA) is 77.2 Å². The molecule has 0 bridgehead atoms. The molecule has 188 valence electrons. The Kier molecular flexibility index (Phi) is 7.36. The molecule has 2 aliphatic rings. The minimum atomic E-state index is -4.61. The first kappa shape index (κ1) is 25.0. The monoisotopic (exact) mass is 488 g/mol. The second kappa shape index (κ2) is 10.3. The molecular formula is C25H31F3N6O. The van der Waals surface area contributed by atoms with Crippen molar-refractivity contribution in [2.24, 2.45) is 24.8 Å². The highest BCUT2D eigenvalue weighted by atomic mass is 19.4. The summed E-state index contributed by atoms with van der Waals surface area (Å²) in [5.41, 5.74) is 0.249. The molecule has 1 aromatic carbocycles. The molecule has 0 saturated carbocycles. The Bertz CT molecular complexity index is 1080. The Morgan fingerprint density at radius 1 is 1.26 bits per heavy atom. The molecule has 1 aromatic heterocycles. The van der Waals surface area contributed by atoms with E-state index >= 15 is 0 Å². The standard InChI is InChI=1S/C25H31F3N6O/c1-3-30-24(35)22-16-34(20-5-4-19(11-29)23(10-20)25(26,27)28)15-21(22)18-6-8-33(9-7-18)14-17-12-31-32(2)13-17/h4-5,10,12-13,18,21-22H,3,6-9,14-16H2,1-2H3,(H,30,35)/t21-,22+/m0/s1. The largest absolute Gasteiger partial charge is 0.417 e. The fraction of sp³-hybridized carbons (Fsp3) is 0.560. The second-order valence-electron chi connectivity index (χ2n) is 9.55. The molecular weight excluding hydrogens is 457 g/mol. The highest BCUT2D eigenvalue weighted by Crippen LogP contribution is 2.40. The smallest absolute Gasteiger partial charge is 0.370 e. The average Bonchev–Trinajstić information content (AvgIpc) is 3.45. The molecule has 0 radical (unpaired) electrons. The number of carbonyl (C=O) groups is 1. The van der Waals surface area contributed by atoms with Gasteiger partial charge in [0.2, 0.25) is 5.91 Å². The normalized spacial score (nSPS) is 21.8. The lowest BCUT2D eigenvalue weighted by molar-refractivity contribution is -0.137. The van der Waals surface area contributed by atoms with Crippen LogP contribution < -0.4 is 10.2 Å². The molecule has 10 heteroatoms. The first-order valence-electron chi connectivity index (χ1n) is 12.0. The van der Waals surface area contributed by atoms with E-state index in [1.54, 1.807) is 16.8 Å². The zero-order valence-corrected chi connectivity index (χ0v) is 20.1. The van der Waals surface area contributed by atoms with Gasteiger partial charge < -0.3 is 10.2 Å². The maximum Gasteiger partial charge on any atom is 0.417 e. The van der Waals surface area contributed by atoms with E-state index in [4.69, 9.17) is 5.26 Å². The van der Waals surface area contributed by atoms with E-state index in [2.05, 4.69) is 15.3 Å². The van der Waals surface area contributed by atoms with Crippen molar-refractivity contribution in [2.75, 3.05) is 37.6 Å². The number of amides is 1. The van der Waals surface area contributed by atoms with Gasteiger partial charge in [0, 0.05) is 50.7 Å². The number of nitrogens with zero attached hydrogens (tertiary/aromatic N) is 5. The number of nitriles is 1. The van der Waals surface area contributed by atoms with Crippen molar-refractivity contribution >= 4 is 11.6 Å². The lowest BCUT2D eigenvalue weighted by Crippen LogP contribution is -2.41. The van der Waals surface area contributed by atoms with Gasteiger partial charge in [0.25, 0.3) is 0 Å². The zero-order chi connectivity index (χ0) is 25.2. The van der Waals surface area contributed by atoms with Crippen LogP contribution in [0.2, 0.25) is 0 Å². The molecule has 1 N–H and O–H groups in total. The number of aryl methyl sites for hydroxylation is 1. The van der Waals surface area contributed by atoms with Crippen molar-refractivity contribution in [1.29, 1.82) is 5.26 Å². The molecule has 2 aliphatic heterocycles. The van der Waals surface area contributed by atoms with E-state index < -0.39 is 17.3 Å². The van der Waals surface area contributed by atoms with Gasteiger partial charge >= 0.3 is 6.18 Å². The number of alkyl halides is 3. The van der Waals surface area contributed by atoms with Crippen LogP contribution in [0.15, 0.2) is 30.6 Å². The van der Waals surface area contributed by atoms with Crippen LogP contribution in [0.25, 0.3) is 0 Å². The molecule has 4 rings (SSSR count). The summed E-state index contributed by atoms with van der Waals surface area (Å²) in [5.74, 6) is 0.0579. The van der Waals surface area contributed by atoms with Gasteiger partial charge in [-0.1, -0.05) is 0 Å². The van der Waals surface area contributed by atoms with Gasteiger partial charge in [-0.2, -0.15) is 23.5 Å². The number of halogens is 3. The quantitative estimate of drug-likeness (QED) is 0.675. The molecule has 2 saturated heterocycles. The number of likely N-dealkylation sites (tertiary alicyclic amines) is 1. The van der Waals surface area contributed by atoms with Gasteiger partial charge in [0.1, 0.15) is 0 Å². The third kappa shape index (κ3) is 5.61. The Hall–Kier alpha value is -3.06. The van der Waals surface area contributed by atoms with Crippen LogP contribution in [0.5, 0.6) is 0 Å². The number of rotatable bonds is 6. The maximum absolute atomic E-state index is 13.5. The summed E-state index contributed by atoms with van der Waals surface area (Å²) in [5, 5.41) is 16.3. The number of hydrogen-bond acceptors (Lipinski definition) is 5. The Morgan fingerprint density at radius 2 is 2.00 bits per heavy atom. The molecule has 0 aliphatic carbocycles. The predicted octanol–water partition coefficient (Wildman–Crippen LogP) is 3.41. The van der Waals surface area contributed by atoms with E-state index in [1.165, 1.54) is 11.6 Å². The number of nitrogens with one attached hydrogen (secondary N) is 1. The second-order valence-corrected chi connectivity index (χ2v) is 9.55. The number of hydrogen-bond donors (Lipinski definition) is 1. The molecule has 0 spiro atoms. The van der Waals surface area contributed by atoms with Crippen molar-refractivity contribution in [2.45, 2.75) is 32.5 Å². The number of piperidine rings is 1. The van der Waals surface area contributed by atoms with Gasteiger partial charge in [-0.3, -0.25) is 14.4 Å². The number of carbonyl (C=O) groups excluding carboxylic acids is 1. The first-order chi connectivity index (χ1) is 16.7. The maximum atomic E-state index is 13.5. The van der Waals surface area contributed by atoms with E-state index in [-0.39, 0.29) is 17.7 Å². The fourth-order valence-corrected chi connectivity index (χ4v) is 5.51. The van der Waals surface area contributed by atoms with Crippen molar-refractivity contribution in [1.82, 2.24) is 20.0 Å². The summed E-state index contributed by atoms with van der Waals surface area (Å²) in [6, 6.07) is 5.46. The van der Waals surface area contributed by atoms with E-state index in [9.17, 15) is 18.0 Å². The number of benzene rings is 1. The van der Waals surface area contributed by atoms with Crippen molar-refractivity contribution in [3.8, 4) is 6.07 Å². The van der Waals surface area contributed by atoms with Gasteiger partial charge in [-0.05, 0) is 62.9 Å². The highest BCUT2D eigenvalue weighted by Gasteiger charge is 2.43. The highest BCUT2D eigenvalue weighted by molar-refractivity contribution is 5.80. The summed E-state index contributed by atoms with van der Waals surface area (Å²) >= 11 is 0. The van der Waals surface area contributed by atoms with Crippen LogP contribution in [-0.4, -0.2) is 53.3 Å². The fourth-order valence-electron chi connectivity index (χ4n) is 5.51. The van der Waals surface area contributed by atoms with Gasteiger partial charge in [0.15, 0.2) is 0 Å². The Balaban J connectivity index is 1.49. The summed E-state index contributed by atoms with van der Waals surface area (Å²) in [6.45, 7) is 5.93. The van der Waals surface area contributed by atoms with E-state index in [0.29, 0.717) is 31.2 Å². The molecule has 0 unspecified atom stereocenters. The van der Waals surface area contributed by atoms with E-state index in [0.717, 1.165) is 38.5 Å². The van der Waals surface area contributed by atoms with Crippen LogP contribution in [0.3, 0.4) is 0 Å². The van der Waals surface area contributed by atoms with Crippen LogP contribution in [0, 0.1) is 29.1 Å². The third-order valence-electron chi connectivity index (χ3n) is 7.25. The van der Waals surface area contributed by atoms with Crippen molar-refractivity contribution in [3.05, 3.63) is 47.3 Å².